The lowest BCUT2D eigenvalue weighted by Crippen LogP contribution is -2.55. The van der Waals surface area contributed by atoms with Crippen LogP contribution in [0.15, 0.2) is 30.3 Å². The van der Waals surface area contributed by atoms with E-state index in [1.165, 1.54) is 32.1 Å². The molecule has 0 atom stereocenters. The summed E-state index contributed by atoms with van der Waals surface area (Å²) in [4.78, 5) is 29.9. The molecule has 0 unspecified atom stereocenters. The monoisotopic (exact) mass is 384 g/mol. The van der Waals surface area contributed by atoms with Gasteiger partial charge < -0.3 is 20.4 Å². The van der Waals surface area contributed by atoms with Crippen molar-refractivity contribution in [2.75, 3.05) is 37.7 Å². The number of hydrogen-bond donors (Lipinski definition) is 2. The van der Waals surface area contributed by atoms with Gasteiger partial charge in [0.25, 0.3) is 0 Å². The Morgan fingerprint density at radius 1 is 1.11 bits per heavy atom. The van der Waals surface area contributed by atoms with Gasteiger partial charge in [-0.25, -0.2) is 0 Å². The highest BCUT2D eigenvalue weighted by Gasteiger charge is 2.53. The molecule has 28 heavy (non-hydrogen) atoms. The van der Waals surface area contributed by atoms with Crippen LogP contribution in [0.4, 0.5) is 5.69 Å². The number of nitrogens with one attached hydrogen (secondary N) is 2. The van der Waals surface area contributed by atoms with E-state index >= 15 is 0 Å². The van der Waals surface area contributed by atoms with Crippen molar-refractivity contribution in [3.05, 3.63) is 30.3 Å². The molecule has 1 aliphatic carbocycles. The molecule has 3 fully saturated rings. The third kappa shape index (κ3) is 3.88. The third-order valence-electron chi connectivity index (χ3n) is 6.66. The summed E-state index contributed by atoms with van der Waals surface area (Å²) in [5, 5.41) is 6.45. The summed E-state index contributed by atoms with van der Waals surface area (Å²) in [6.07, 6.45) is 7.84. The molecule has 3 aliphatic rings. The van der Waals surface area contributed by atoms with Crippen molar-refractivity contribution in [2.24, 2.45) is 5.92 Å². The van der Waals surface area contributed by atoms with Crippen LogP contribution in [0.1, 0.15) is 44.9 Å². The molecule has 2 aliphatic heterocycles. The smallest absolute Gasteiger partial charge is 0.250 e. The standard InChI is InChI=1S/C22H32N4O2/c27-20(24-15-18-7-3-1-4-8-18)16-25-17-26(19-9-5-2-6-10-19)22(21(25)28)11-13-23-14-12-22/h2,5-6,9-10,18,23H,1,3-4,7-8,11-17H2,(H,24,27). The van der Waals surface area contributed by atoms with Crippen LogP contribution in [0.5, 0.6) is 0 Å². The van der Waals surface area contributed by atoms with Crippen molar-refractivity contribution in [2.45, 2.75) is 50.5 Å². The first-order valence-corrected chi connectivity index (χ1v) is 10.8. The molecule has 2 N–H and O–H groups in total. The Morgan fingerprint density at radius 3 is 2.54 bits per heavy atom. The summed E-state index contributed by atoms with van der Waals surface area (Å²) >= 11 is 0. The summed E-state index contributed by atoms with van der Waals surface area (Å²) in [7, 11) is 0. The Labute approximate surface area is 167 Å². The van der Waals surface area contributed by atoms with Gasteiger partial charge in [-0.1, -0.05) is 37.5 Å². The molecule has 0 bridgehead atoms. The first-order chi connectivity index (χ1) is 13.7. The molecule has 6 nitrogen and oxygen atoms in total. The molecule has 2 heterocycles. The van der Waals surface area contributed by atoms with Gasteiger partial charge in [0.2, 0.25) is 11.8 Å². The molecule has 0 aromatic heterocycles. The van der Waals surface area contributed by atoms with Gasteiger partial charge in [0.05, 0.1) is 6.67 Å². The molecule has 0 radical (unpaired) electrons. The van der Waals surface area contributed by atoms with Gasteiger partial charge in [-0.2, -0.15) is 0 Å². The molecular formula is C22H32N4O2. The molecule has 1 aromatic carbocycles. The molecule has 152 valence electrons. The van der Waals surface area contributed by atoms with E-state index < -0.39 is 5.54 Å². The lowest BCUT2D eigenvalue weighted by molar-refractivity contribution is -0.136. The molecule has 2 amide bonds. The molecule has 4 rings (SSSR count). The van der Waals surface area contributed by atoms with Crippen molar-refractivity contribution < 1.29 is 9.59 Å². The SMILES string of the molecule is O=C(CN1CN(c2ccccc2)C2(CCNCC2)C1=O)NCC1CCCCC1. The van der Waals surface area contributed by atoms with E-state index in [0.29, 0.717) is 12.6 Å². The maximum atomic E-state index is 13.4. The predicted octanol–water partition coefficient (Wildman–Crippen LogP) is 2.11. The number of hydrogen-bond acceptors (Lipinski definition) is 4. The average Bonchev–Trinajstić information content (AvgIpc) is 3.00. The fourth-order valence-corrected chi connectivity index (χ4v) is 5.04. The van der Waals surface area contributed by atoms with Crippen LogP contribution in [0.2, 0.25) is 0 Å². The molecule has 2 saturated heterocycles. The fourth-order valence-electron chi connectivity index (χ4n) is 5.04. The minimum absolute atomic E-state index is 0.0297. The van der Waals surface area contributed by atoms with E-state index in [1.807, 2.05) is 18.2 Å². The summed E-state index contributed by atoms with van der Waals surface area (Å²) in [5.74, 6) is 0.673. The number of anilines is 1. The van der Waals surface area contributed by atoms with Gasteiger partial charge in [0.1, 0.15) is 12.1 Å². The van der Waals surface area contributed by atoms with Gasteiger partial charge >= 0.3 is 0 Å². The number of carbonyl (C=O) groups excluding carboxylic acids is 2. The third-order valence-corrected chi connectivity index (χ3v) is 6.66. The second kappa shape index (κ2) is 8.52. The number of carbonyl (C=O) groups is 2. The van der Waals surface area contributed by atoms with Crippen molar-refractivity contribution in [3.8, 4) is 0 Å². The van der Waals surface area contributed by atoms with Crippen LogP contribution in [-0.2, 0) is 9.59 Å². The number of benzene rings is 1. The molecule has 1 spiro atoms. The van der Waals surface area contributed by atoms with Gasteiger partial charge in [0, 0.05) is 12.2 Å². The summed E-state index contributed by atoms with van der Waals surface area (Å²) in [6, 6.07) is 10.1. The van der Waals surface area contributed by atoms with Gasteiger partial charge in [-0.05, 0) is 56.8 Å². The second-order valence-electron chi connectivity index (χ2n) is 8.50. The maximum absolute atomic E-state index is 13.4. The average molecular weight is 385 g/mol. The molecular weight excluding hydrogens is 352 g/mol. The minimum atomic E-state index is -0.518. The van der Waals surface area contributed by atoms with E-state index in [0.717, 1.165) is 38.2 Å². The number of piperidine rings is 1. The zero-order chi connectivity index (χ0) is 19.4. The Kier molecular flexibility index (Phi) is 5.85. The summed E-state index contributed by atoms with van der Waals surface area (Å²) in [6.45, 7) is 3.05. The van der Waals surface area contributed by atoms with Gasteiger partial charge in [0.15, 0.2) is 0 Å². The molecule has 1 saturated carbocycles. The maximum Gasteiger partial charge on any atom is 0.250 e. The van der Waals surface area contributed by atoms with Gasteiger partial charge in [-0.15, -0.1) is 0 Å². The quantitative estimate of drug-likeness (QED) is 0.816. The van der Waals surface area contributed by atoms with E-state index in [-0.39, 0.29) is 18.4 Å². The van der Waals surface area contributed by atoms with Crippen LogP contribution < -0.4 is 15.5 Å². The van der Waals surface area contributed by atoms with Crippen LogP contribution in [0, 0.1) is 5.92 Å². The summed E-state index contributed by atoms with van der Waals surface area (Å²) in [5.41, 5.74) is 0.541. The first-order valence-electron chi connectivity index (χ1n) is 10.8. The van der Waals surface area contributed by atoms with Crippen LogP contribution in [0.3, 0.4) is 0 Å². The normalized spacial score (nSPS) is 22.6. The predicted molar refractivity (Wildman–Crippen MR) is 110 cm³/mol. The highest BCUT2D eigenvalue weighted by atomic mass is 16.2. The van der Waals surface area contributed by atoms with Crippen molar-refractivity contribution in [1.29, 1.82) is 0 Å². The van der Waals surface area contributed by atoms with Crippen molar-refractivity contribution >= 4 is 17.5 Å². The summed E-state index contributed by atoms with van der Waals surface area (Å²) < 4.78 is 0. The zero-order valence-electron chi connectivity index (χ0n) is 16.7. The Bertz CT molecular complexity index is 681. The Balaban J connectivity index is 1.43. The zero-order valence-corrected chi connectivity index (χ0v) is 16.7. The van der Waals surface area contributed by atoms with Crippen LogP contribution in [-0.4, -0.2) is 55.1 Å². The fraction of sp³-hybridized carbons (Fsp3) is 0.636. The van der Waals surface area contributed by atoms with E-state index in [4.69, 9.17) is 0 Å². The number of amides is 2. The van der Waals surface area contributed by atoms with Crippen LogP contribution in [0.25, 0.3) is 0 Å². The first kappa shape index (κ1) is 19.2. The lowest BCUT2D eigenvalue weighted by atomic mass is 9.86. The van der Waals surface area contributed by atoms with Crippen molar-refractivity contribution in [1.82, 2.24) is 15.5 Å². The van der Waals surface area contributed by atoms with Crippen LogP contribution >= 0.6 is 0 Å². The van der Waals surface area contributed by atoms with E-state index in [1.54, 1.807) is 4.90 Å². The number of nitrogens with zero attached hydrogens (tertiary/aromatic N) is 2. The highest BCUT2D eigenvalue weighted by molar-refractivity contribution is 5.96. The minimum Gasteiger partial charge on any atom is -0.354 e. The Hall–Kier alpha value is -2.08. The van der Waals surface area contributed by atoms with E-state index in [2.05, 4.69) is 27.7 Å². The van der Waals surface area contributed by atoms with E-state index in [9.17, 15) is 9.59 Å². The largest absolute Gasteiger partial charge is 0.354 e. The highest BCUT2D eigenvalue weighted by Crippen LogP contribution is 2.37. The molecule has 1 aromatic rings. The molecule has 6 heteroatoms. The van der Waals surface area contributed by atoms with Crippen molar-refractivity contribution in [3.63, 3.8) is 0 Å². The Morgan fingerprint density at radius 2 is 1.82 bits per heavy atom. The number of para-hydroxylation sites is 1. The number of rotatable bonds is 5. The topological polar surface area (TPSA) is 64.7 Å². The second-order valence-corrected chi connectivity index (χ2v) is 8.50. The lowest BCUT2D eigenvalue weighted by Gasteiger charge is -2.40. The van der Waals surface area contributed by atoms with Gasteiger partial charge in [-0.3, -0.25) is 9.59 Å².